The van der Waals surface area contributed by atoms with Crippen LogP contribution in [0.4, 0.5) is 0 Å². The fraction of sp³-hybridized carbons (Fsp3) is 0.700. The minimum atomic E-state index is 0.525. The van der Waals surface area contributed by atoms with Gasteiger partial charge in [0.2, 0.25) is 0 Å². The van der Waals surface area contributed by atoms with Crippen LogP contribution in [-0.2, 0) is 0 Å². The first-order chi connectivity index (χ1) is 6.86. The number of hydrogen-bond donors (Lipinski definition) is 1. The van der Waals surface area contributed by atoms with E-state index in [-0.39, 0.29) is 0 Å². The van der Waals surface area contributed by atoms with Crippen LogP contribution in [0.15, 0.2) is 12.3 Å². The van der Waals surface area contributed by atoms with Crippen LogP contribution in [0.2, 0.25) is 0 Å². The molecule has 1 aromatic heterocycles. The van der Waals surface area contributed by atoms with Crippen LogP contribution in [0.25, 0.3) is 0 Å². The Morgan fingerprint density at radius 1 is 1.71 bits per heavy atom. The first kappa shape index (κ1) is 10.1. The largest absolute Gasteiger partial charge is 0.330 e. The fourth-order valence-corrected chi connectivity index (χ4v) is 3.13. The molecule has 4 heteroatoms. The van der Waals surface area contributed by atoms with Gasteiger partial charge in [0, 0.05) is 17.1 Å². The molecule has 2 N–H and O–H groups in total. The van der Waals surface area contributed by atoms with E-state index < -0.39 is 0 Å². The minimum absolute atomic E-state index is 0.525. The second kappa shape index (κ2) is 4.38. The van der Waals surface area contributed by atoms with Gasteiger partial charge in [-0.15, -0.1) is 0 Å². The lowest BCUT2D eigenvalue weighted by molar-refractivity contribution is 0.245. The van der Waals surface area contributed by atoms with Gasteiger partial charge in [0.25, 0.3) is 0 Å². The van der Waals surface area contributed by atoms with E-state index in [9.17, 15) is 0 Å². The van der Waals surface area contributed by atoms with Crippen molar-refractivity contribution in [1.29, 1.82) is 0 Å². The van der Waals surface area contributed by atoms with Crippen molar-refractivity contribution < 1.29 is 0 Å². The number of aromatic nitrogens is 1. The second-order valence-electron chi connectivity index (χ2n) is 3.77. The van der Waals surface area contributed by atoms with Crippen LogP contribution >= 0.6 is 11.5 Å². The number of hydrogen-bond acceptors (Lipinski definition) is 4. The topological polar surface area (TPSA) is 42.1 Å². The summed E-state index contributed by atoms with van der Waals surface area (Å²) in [5.74, 6) is 0.621. The molecule has 2 unspecified atom stereocenters. The highest BCUT2D eigenvalue weighted by atomic mass is 32.1. The van der Waals surface area contributed by atoms with Crippen molar-refractivity contribution in [2.24, 2.45) is 11.7 Å². The molecule has 3 nitrogen and oxygen atoms in total. The van der Waals surface area contributed by atoms with Crippen LogP contribution < -0.4 is 5.73 Å². The maximum Gasteiger partial charge on any atom is 0.0497 e. The van der Waals surface area contributed by atoms with Gasteiger partial charge in [0.15, 0.2) is 0 Å². The molecule has 1 fully saturated rings. The van der Waals surface area contributed by atoms with Crippen molar-refractivity contribution in [1.82, 2.24) is 9.27 Å². The number of nitrogens with two attached hydrogens (primary N) is 1. The van der Waals surface area contributed by atoms with Gasteiger partial charge >= 0.3 is 0 Å². The zero-order chi connectivity index (χ0) is 9.97. The van der Waals surface area contributed by atoms with E-state index in [1.165, 1.54) is 17.8 Å². The van der Waals surface area contributed by atoms with Gasteiger partial charge in [0.1, 0.15) is 0 Å². The Bertz CT molecular complexity index is 261. The third kappa shape index (κ3) is 1.69. The molecule has 0 aromatic carbocycles. The van der Waals surface area contributed by atoms with E-state index >= 15 is 0 Å². The molecular weight excluding hydrogens is 194 g/mol. The van der Waals surface area contributed by atoms with Crippen LogP contribution in [0.3, 0.4) is 0 Å². The van der Waals surface area contributed by atoms with E-state index in [4.69, 9.17) is 5.73 Å². The standard InChI is InChI=1S/C10H17N3S/c1-2-13-6-4-8(7-11)10(13)9-3-5-12-14-9/h3,5,8,10H,2,4,6-7,11H2,1H3. The normalized spacial score (nSPS) is 28.4. The summed E-state index contributed by atoms with van der Waals surface area (Å²) >= 11 is 1.61. The highest BCUT2D eigenvalue weighted by molar-refractivity contribution is 7.05. The molecule has 1 saturated heterocycles. The van der Waals surface area contributed by atoms with E-state index in [2.05, 4.69) is 22.3 Å². The Morgan fingerprint density at radius 3 is 3.14 bits per heavy atom. The molecule has 0 aliphatic carbocycles. The van der Waals surface area contributed by atoms with Gasteiger partial charge in [0.05, 0.1) is 0 Å². The minimum Gasteiger partial charge on any atom is -0.330 e. The van der Waals surface area contributed by atoms with Crippen molar-refractivity contribution >= 4 is 11.5 Å². The summed E-state index contributed by atoms with van der Waals surface area (Å²) in [4.78, 5) is 3.88. The van der Waals surface area contributed by atoms with Gasteiger partial charge in [-0.05, 0) is 49.6 Å². The third-order valence-electron chi connectivity index (χ3n) is 3.09. The molecule has 1 aliphatic heterocycles. The lowest BCUT2D eigenvalue weighted by Crippen LogP contribution is -2.27. The zero-order valence-corrected chi connectivity index (χ0v) is 9.33. The summed E-state index contributed by atoms with van der Waals surface area (Å²) in [6.45, 7) is 5.30. The Morgan fingerprint density at radius 2 is 2.57 bits per heavy atom. The Balaban J connectivity index is 2.19. The molecule has 2 heterocycles. The molecule has 1 aliphatic rings. The van der Waals surface area contributed by atoms with Gasteiger partial charge in [-0.2, -0.15) is 0 Å². The van der Waals surface area contributed by atoms with Gasteiger partial charge in [-0.1, -0.05) is 6.92 Å². The lowest BCUT2D eigenvalue weighted by Gasteiger charge is -2.25. The first-order valence-electron chi connectivity index (χ1n) is 5.21. The highest BCUT2D eigenvalue weighted by Gasteiger charge is 2.34. The van der Waals surface area contributed by atoms with Crippen LogP contribution in [0.1, 0.15) is 24.3 Å². The van der Waals surface area contributed by atoms with Crippen molar-refractivity contribution in [3.63, 3.8) is 0 Å². The van der Waals surface area contributed by atoms with Gasteiger partial charge < -0.3 is 5.73 Å². The van der Waals surface area contributed by atoms with Crippen molar-refractivity contribution in [2.75, 3.05) is 19.6 Å². The molecule has 2 rings (SSSR count). The molecule has 0 spiro atoms. The lowest BCUT2D eigenvalue weighted by atomic mass is 9.99. The molecule has 2 atom stereocenters. The summed E-state index contributed by atoms with van der Waals surface area (Å²) in [5.41, 5.74) is 5.80. The van der Waals surface area contributed by atoms with E-state index in [1.54, 1.807) is 11.5 Å². The van der Waals surface area contributed by atoms with E-state index in [0.29, 0.717) is 12.0 Å². The summed E-state index contributed by atoms with van der Waals surface area (Å²) < 4.78 is 4.18. The van der Waals surface area contributed by atoms with E-state index in [1.807, 2.05) is 6.20 Å². The molecule has 0 saturated carbocycles. The number of nitrogens with zero attached hydrogens (tertiary/aromatic N) is 2. The van der Waals surface area contributed by atoms with Gasteiger partial charge in [-0.3, -0.25) is 4.90 Å². The maximum atomic E-state index is 5.80. The summed E-state index contributed by atoms with van der Waals surface area (Å²) in [6.07, 6.45) is 3.12. The average molecular weight is 211 g/mol. The third-order valence-corrected chi connectivity index (χ3v) is 3.90. The molecule has 0 radical (unpaired) electrons. The zero-order valence-electron chi connectivity index (χ0n) is 8.52. The van der Waals surface area contributed by atoms with Crippen LogP contribution in [0, 0.1) is 5.92 Å². The average Bonchev–Trinajstić information content (AvgIpc) is 2.85. The predicted octanol–water partition coefficient (Wildman–Crippen LogP) is 1.48. The van der Waals surface area contributed by atoms with Crippen molar-refractivity contribution in [3.8, 4) is 0 Å². The van der Waals surface area contributed by atoms with E-state index in [0.717, 1.165) is 13.1 Å². The maximum absolute atomic E-state index is 5.80. The molecule has 1 aromatic rings. The fourth-order valence-electron chi connectivity index (χ4n) is 2.32. The summed E-state index contributed by atoms with van der Waals surface area (Å²) in [5, 5.41) is 0. The molecule has 0 bridgehead atoms. The van der Waals surface area contributed by atoms with Crippen LogP contribution in [0.5, 0.6) is 0 Å². The first-order valence-corrected chi connectivity index (χ1v) is 5.98. The molecule has 14 heavy (non-hydrogen) atoms. The summed E-state index contributed by atoms with van der Waals surface area (Å²) in [7, 11) is 0. The van der Waals surface area contributed by atoms with Crippen LogP contribution in [-0.4, -0.2) is 28.9 Å². The molecular formula is C10H17N3S. The Labute approximate surface area is 89.1 Å². The van der Waals surface area contributed by atoms with Gasteiger partial charge in [-0.25, -0.2) is 4.37 Å². The number of rotatable bonds is 3. The molecule has 78 valence electrons. The molecule has 0 amide bonds. The quantitative estimate of drug-likeness (QED) is 0.823. The monoisotopic (exact) mass is 211 g/mol. The highest BCUT2D eigenvalue weighted by Crippen LogP contribution is 2.37. The smallest absolute Gasteiger partial charge is 0.0497 e. The second-order valence-corrected chi connectivity index (χ2v) is 4.64. The SMILES string of the molecule is CCN1CCC(CN)C1c1ccns1. The predicted molar refractivity (Wildman–Crippen MR) is 59.3 cm³/mol. The Kier molecular flexibility index (Phi) is 3.15. The van der Waals surface area contributed by atoms with Crippen molar-refractivity contribution in [2.45, 2.75) is 19.4 Å². The Hall–Kier alpha value is -0.450. The van der Waals surface area contributed by atoms with Crippen molar-refractivity contribution in [3.05, 3.63) is 17.1 Å². The number of likely N-dealkylation sites (tertiary alicyclic amines) is 1. The summed E-state index contributed by atoms with van der Waals surface area (Å²) in [6, 6.07) is 2.66.